The van der Waals surface area contributed by atoms with Crippen molar-refractivity contribution in [2.24, 2.45) is 0 Å². The zero-order valence-electron chi connectivity index (χ0n) is 16.0. The highest BCUT2D eigenvalue weighted by molar-refractivity contribution is 5.96. The molecule has 3 amide bonds. The van der Waals surface area contributed by atoms with Gasteiger partial charge in [0.05, 0.1) is 6.04 Å². The van der Waals surface area contributed by atoms with Gasteiger partial charge in [0.15, 0.2) is 0 Å². The second kappa shape index (κ2) is 8.44. The standard InChI is InChI=1S/C22H26N4O2/c27-21-15-19(17-26(21)20-9-5-2-6-10-20)23-22(28)25-13-11-24(12-14-25)16-18-7-3-1-4-8-18/h1-10,19H,11-17H2,(H,23,28). The Kier molecular flexibility index (Phi) is 5.58. The van der Waals surface area contributed by atoms with Crippen LogP contribution in [0.4, 0.5) is 10.5 Å². The van der Waals surface area contributed by atoms with Crippen LogP contribution >= 0.6 is 0 Å². The lowest BCUT2D eigenvalue weighted by Crippen LogP contribution is -2.53. The third-order valence-electron chi connectivity index (χ3n) is 5.43. The summed E-state index contributed by atoms with van der Waals surface area (Å²) in [6.07, 6.45) is 0.356. The Morgan fingerprint density at radius 1 is 0.929 bits per heavy atom. The van der Waals surface area contributed by atoms with E-state index in [9.17, 15) is 9.59 Å². The normalized spacial score (nSPS) is 20.4. The summed E-state index contributed by atoms with van der Waals surface area (Å²) in [4.78, 5) is 30.9. The van der Waals surface area contributed by atoms with Crippen LogP contribution < -0.4 is 10.2 Å². The maximum atomic E-state index is 12.6. The van der Waals surface area contributed by atoms with Crippen molar-refractivity contribution in [1.29, 1.82) is 0 Å². The third-order valence-corrected chi connectivity index (χ3v) is 5.43. The highest BCUT2D eigenvalue weighted by Crippen LogP contribution is 2.21. The molecule has 2 aromatic carbocycles. The summed E-state index contributed by atoms with van der Waals surface area (Å²) in [6.45, 7) is 4.59. The first-order valence-corrected chi connectivity index (χ1v) is 9.86. The molecule has 0 aromatic heterocycles. The number of rotatable bonds is 4. The average Bonchev–Trinajstić information content (AvgIpc) is 3.10. The van der Waals surface area contributed by atoms with E-state index >= 15 is 0 Å². The van der Waals surface area contributed by atoms with E-state index in [-0.39, 0.29) is 18.0 Å². The highest BCUT2D eigenvalue weighted by Gasteiger charge is 2.33. The van der Waals surface area contributed by atoms with Crippen molar-refractivity contribution < 1.29 is 9.59 Å². The van der Waals surface area contributed by atoms with E-state index < -0.39 is 0 Å². The molecule has 1 atom stereocenters. The summed E-state index contributed by atoms with van der Waals surface area (Å²) in [5.74, 6) is 0.0594. The van der Waals surface area contributed by atoms with Gasteiger partial charge < -0.3 is 15.1 Å². The minimum absolute atomic E-state index is 0.0594. The number of benzene rings is 2. The quantitative estimate of drug-likeness (QED) is 0.888. The number of amides is 3. The first kappa shape index (κ1) is 18.5. The van der Waals surface area contributed by atoms with E-state index in [2.05, 4.69) is 34.5 Å². The van der Waals surface area contributed by atoms with E-state index in [4.69, 9.17) is 0 Å². The highest BCUT2D eigenvalue weighted by atomic mass is 16.2. The molecule has 1 unspecified atom stereocenters. The molecule has 0 bridgehead atoms. The minimum atomic E-state index is -0.137. The fourth-order valence-electron chi connectivity index (χ4n) is 3.88. The smallest absolute Gasteiger partial charge is 0.317 e. The first-order chi connectivity index (χ1) is 13.7. The molecule has 2 aromatic rings. The Morgan fingerprint density at radius 2 is 1.57 bits per heavy atom. The summed E-state index contributed by atoms with van der Waals surface area (Å²) in [5.41, 5.74) is 2.18. The maximum Gasteiger partial charge on any atom is 0.317 e. The van der Waals surface area contributed by atoms with Gasteiger partial charge in [-0.05, 0) is 17.7 Å². The largest absolute Gasteiger partial charge is 0.333 e. The fourth-order valence-corrected chi connectivity index (χ4v) is 3.88. The van der Waals surface area contributed by atoms with E-state index in [1.165, 1.54) is 5.56 Å². The number of urea groups is 1. The van der Waals surface area contributed by atoms with Gasteiger partial charge in [0.25, 0.3) is 0 Å². The van der Waals surface area contributed by atoms with Crippen molar-refractivity contribution in [3.05, 3.63) is 66.2 Å². The molecule has 1 N–H and O–H groups in total. The van der Waals surface area contributed by atoms with Crippen LogP contribution in [0.2, 0.25) is 0 Å². The van der Waals surface area contributed by atoms with Crippen LogP contribution in [-0.4, -0.2) is 60.5 Å². The van der Waals surface area contributed by atoms with Crippen LogP contribution in [0.5, 0.6) is 0 Å². The second-order valence-electron chi connectivity index (χ2n) is 7.44. The van der Waals surface area contributed by atoms with Crippen LogP contribution in [-0.2, 0) is 11.3 Å². The van der Waals surface area contributed by atoms with E-state index in [1.807, 2.05) is 41.3 Å². The molecular weight excluding hydrogens is 352 g/mol. The number of anilines is 1. The predicted molar refractivity (Wildman–Crippen MR) is 109 cm³/mol. The number of nitrogens with zero attached hydrogens (tertiary/aromatic N) is 3. The van der Waals surface area contributed by atoms with E-state index in [0.717, 1.165) is 25.3 Å². The molecule has 2 aliphatic rings. The number of hydrogen-bond acceptors (Lipinski definition) is 3. The topological polar surface area (TPSA) is 55.9 Å². The molecule has 2 aliphatic heterocycles. The molecule has 0 radical (unpaired) electrons. The molecule has 2 fully saturated rings. The molecule has 6 nitrogen and oxygen atoms in total. The number of hydrogen-bond donors (Lipinski definition) is 1. The predicted octanol–water partition coefficient (Wildman–Crippen LogP) is 2.32. The number of carbonyl (C=O) groups excluding carboxylic acids is 2. The van der Waals surface area contributed by atoms with E-state index in [1.54, 1.807) is 4.90 Å². The van der Waals surface area contributed by atoms with Gasteiger partial charge in [-0.1, -0.05) is 48.5 Å². The van der Waals surface area contributed by atoms with Gasteiger partial charge >= 0.3 is 6.03 Å². The molecule has 0 spiro atoms. The van der Waals surface area contributed by atoms with Gasteiger partial charge in [-0.2, -0.15) is 0 Å². The number of carbonyl (C=O) groups is 2. The molecule has 4 rings (SSSR count). The van der Waals surface area contributed by atoms with Crippen molar-refractivity contribution in [3.63, 3.8) is 0 Å². The number of para-hydroxylation sites is 1. The molecule has 2 heterocycles. The summed E-state index contributed by atoms with van der Waals surface area (Å²) >= 11 is 0. The lowest BCUT2D eigenvalue weighted by atomic mass is 10.2. The van der Waals surface area contributed by atoms with Gasteiger partial charge in [-0.3, -0.25) is 9.69 Å². The van der Waals surface area contributed by atoms with Crippen molar-refractivity contribution >= 4 is 17.6 Å². The van der Waals surface area contributed by atoms with Gasteiger partial charge in [-0.25, -0.2) is 4.79 Å². The molecule has 146 valence electrons. The Morgan fingerprint density at radius 3 is 2.25 bits per heavy atom. The molecule has 6 heteroatoms. The molecule has 28 heavy (non-hydrogen) atoms. The summed E-state index contributed by atoms with van der Waals surface area (Å²) < 4.78 is 0. The number of nitrogens with one attached hydrogen (secondary N) is 1. The maximum absolute atomic E-state index is 12.6. The average molecular weight is 378 g/mol. The molecule has 0 saturated carbocycles. The fraction of sp³-hybridized carbons (Fsp3) is 0.364. The third kappa shape index (κ3) is 4.34. The SMILES string of the molecule is O=C(NC1CC(=O)N(c2ccccc2)C1)N1CCN(Cc2ccccc2)CC1. The van der Waals surface area contributed by atoms with Crippen LogP contribution in [0.3, 0.4) is 0 Å². The van der Waals surface area contributed by atoms with Crippen LogP contribution in [0.1, 0.15) is 12.0 Å². The van der Waals surface area contributed by atoms with Crippen molar-refractivity contribution in [2.75, 3.05) is 37.6 Å². The van der Waals surface area contributed by atoms with Crippen LogP contribution in [0.15, 0.2) is 60.7 Å². The Labute approximate surface area is 165 Å². The zero-order chi connectivity index (χ0) is 19.3. The Hall–Kier alpha value is -2.86. The lowest BCUT2D eigenvalue weighted by Gasteiger charge is -2.35. The van der Waals surface area contributed by atoms with Gasteiger partial charge in [0.2, 0.25) is 5.91 Å². The molecule has 0 aliphatic carbocycles. The van der Waals surface area contributed by atoms with Gasteiger partial charge in [-0.15, -0.1) is 0 Å². The zero-order valence-corrected chi connectivity index (χ0v) is 16.0. The monoisotopic (exact) mass is 378 g/mol. The van der Waals surface area contributed by atoms with Crippen LogP contribution in [0.25, 0.3) is 0 Å². The number of piperazine rings is 1. The Bertz CT molecular complexity index is 804. The summed E-state index contributed by atoms with van der Waals surface area (Å²) in [6, 6.07) is 19.8. The first-order valence-electron chi connectivity index (χ1n) is 9.86. The van der Waals surface area contributed by atoms with Crippen LogP contribution in [0, 0.1) is 0 Å². The van der Waals surface area contributed by atoms with Crippen molar-refractivity contribution in [3.8, 4) is 0 Å². The van der Waals surface area contributed by atoms with Gasteiger partial charge in [0, 0.05) is 51.4 Å². The molecule has 2 saturated heterocycles. The second-order valence-corrected chi connectivity index (χ2v) is 7.44. The van der Waals surface area contributed by atoms with Gasteiger partial charge in [0.1, 0.15) is 0 Å². The minimum Gasteiger partial charge on any atom is -0.333 e. The summed E-state index contributed by atoms with van der Waals surface area (Å²) in [7, 11) is 0. The van der Waals surface area contributed by atoms with E-state index in [0.29, 0.717) is 26.1 Å². The Balaban J connectivity index is 1.25. The lowest BCUT2D eigenvalue weighted by molar-refractivity contribution is -0.117. The summed E-state index contributed by atoms with van der Waals surface area (Å²) in [5, 5.41) is 3.05. The molecular formula is C22H26N4O2. The van der Waals surface area contributed by atoms with Crippen molar-refractivity contribution in [2.45, 2.75) is 19.0 Å². The van der Waals surface area contributed by atoms with Crippen molar-refractivity contribution in [1.82, 2.24) is 15.1 Å².